The summed E-state index contributed by atoms with van der Waals surface area (Å²) in [6.45, 7) is 4.45. The van der Waals surface area contributed by atoms with E-state index >= 15 is 0 Å². The Balaban J connectivity index is 0. The lowest BCUT2D eigenvalue weighted by Crippen LogP contribution is -2.14. The Labute approximate surface area is 157 Å². The Morgan fingerprint density at radius 1 is 0.708 bits per heavy atom. The standard InChI is InChI=1S/C19H33N.C2H7N.ClH/c1-2-3-4-5-6-7-8-9-10-14-17-20-18-19-15-12-11-13-16-19;1-3-2;/h11-13,15-16,20H,2-10,14,17-18H2,1H3;3H,1-2H3;1H. The first-order chi connectivity index (χ1) is 11.3. The van der Waals surface area contributed by atoms with Crippen molar-refractivity contribution in [1.82, 2.24) is 10.6 Å². The molecule has 0 fully saturated rings. The van der Waals surface area contributed by atoms with Crippen molar-refractivity contribution in [2.45, 2.75) is 77.7 Å². The van der Waals surface area contributed by atoms with E-state index in [0.717, 1.165) is 13.1 Å². The second kappa shape index (κ2) is 22.4. The lowest BCUT2D eigenvalue weighted by atomic mass is 10.1. The van der Waals surface area contributed by atoms with Crippen LogP contribution >= 0.6 is 12.4 Å². The minimum Gasteiger partial charge on any atom is -0.323 e. The molecule has 0 aromatic heterocycles. The van der Waals surface area contributed by atoms with Gasteiger partial charge in [0.1, 0.15) is 0 Å². The summed E-state index contributed by atoms with van der Waals surface area (Å²) >= 11 is 0. The Morgan fingerprint density at radius 2 is 1.17 bits per heavy atom. The SMILES string of the molecule is CCCCCCCCCCCCNCc1ccccc1.CNC.Cl. The lowest BCUT2D eigenvalue weighted by molar-refractivity contribution is 0.543. The van der Waals surface area contributed by atoms with Crippen LogP contribution in [0, 0.1) is 0 Å². The van der Waals surface area contributed by atoms with Crippen molar-refractivity contribution in [3.8, 4) is 0 Å². The summed E-state index contributed by atoms with van der Waals surface area (Å²) in [7, 11) is 3.75. The van der Waals surface area contributed by atoms with Gasteiger partial charge >= 0.3 is 0 Å². The summed E-state index contributed by atoms with van der Waals surface area (Å²) < 4.78 is 0. The van der Waals surface area contributed by atoms with E-state index in [1.165, 1.54) is 69.8 Å². The monoisotopic (exact) mass is 356 g/mol. The Morgan fingerprint density at radius 3 is 1.67 bits per heavy atom. The Bertz CT molecular complexity index is 317. The number of hydrogen-bond donors (Lipinski definition) is 2. The molecule has 0 radical (unpaired) electrons. The van der Waals surface area contributed by atoms with Gasteiger partial charge in [-0.3, -0.25) is 0 Å². The molecule has 0 aliphatic carbocycles. The van der Waals surface area contributed by atoms with Crippen LogP contribution in [0.1, 0.15) is 76.7 Å². The molecule has 0 unspecified atom stereocenters. The van der Waals surface area contributed by atoms with Gasteiger partial charge in [-0.05, 0) is 32.6 Å². The third kappa shape index (κ3) is 19.5. The number of benzene rings is 1. The highest BCUT2D eigenvalue weighted by molar-refractivity contribution is 5.85. The van der Waals surface area contributed by atoms with Crippen LogP contribution in [0.3, 0.4) is 0 Å². The summed E-state index contributed by atoms with van der Waals surface area (Å²) in [4.78, 5) is 0. The van der Waals surface area contributed by atoms with Crippen LogP contribution in [0.4, 0.5) is 0 Å². The second-order valence-electron chi connectivity index (χ2n) is 6.34. The van der Waals surface area contributed by atoms with Gasteiger partial charge in [-0.15, -0.1) is 12.4 Å². The van der Waals surface area contributed by atoms with Gasteiger partial charge in [-0.25, -0.2) is 0 Å². The molecule has 142 valence electrons. The van der Waals surface area contributed by atoms with Crippen molar-refractivity contribution in [2.75, 3.05) is 20.6 Å². The molecule has 24 heavy (non-hydrogen) atoms. The van der Waals surface area contributed by atoms with Gasteiger partial charge in [0.25, 0.3) is 0 Å². The number of rotatable bonds is 13. The van der Waals surface area contributed by atoms with Crippen molar-refractivity contribution < 1.29 is 0 Å². The van der Waals surface area contributed by atoms with Crippen molar-refractivity contribution in [2.24, 2.45) is 0 Å². The topological polar surface area (TPSA) is 24.1 Å². The van der Waals surface area contributed by atoms with Crippen molar-refractivity contribution in [3.05, 3.63) is 35.9 Å². The van der Waals surface area contributed by atoms with E-state index in [0.29, 0.717) is 0 Å². The largest absolute Gasteiger partial charge is 0.323 e. The Kier molecular flexibility index (Phi) is 24.0. The molecule has 0 heterocycles. The predicted octanol–water partition coefficient (Wildman–Crippen LogP) is 5.95. The first-order valence-electron chi connectivity index (χ1n) is 9.68. The summed E-state index contributed by atoms with van der Waals surface area (Å²) in [6, 6.07) is 10.7. The van der Waals surface area contributed by atoms with Crippen molar-refractivity contribution >= 4 is 12.4 Å². The summed E-state index contributed by atoms with van der Waals surface area (Å²) in [6.07, 6.45) is 14.1. The second-order valence-corrected chi connectivity index (χ2v) is 6.34. The number of hydrogen-bond acceptors (Lipinski definition) is 2. The highest BCUT2D eigenvalue weighted by Crippen LogP contribution is 2.10. The molecule has 0 bridgehead atoms. The molecule has 1 aromatic carbocycles. The lowest BCUT2D eigenvalue weighted by Gasteiger charge is -2.05. The van der Waals surface area contributed by atoms with Crippen LogP contribution in [0.5, 0.6) is 0 Å². The van der Waals surface area contributed by atoms with Gasteiger partial charge < -0.3 is 10.6 Å². The molecule has 0 aliphatic rings. The fourth-order valence-corrected chi connectivity index (χ4v) is 2.57. The fourth-order valence-electron chi connectivity index (χ4n) is 2.57. The van der Waals surface area contributed by atoms with Crippen LogP contribution in [-0.4, -0.2) is 20.6 Å². The molecule has 0 spiro atoms. The maximum Gasteiger partial charge on any atom is 0.0205 e. The molecule has 0 saturated heterocycles. The average molecular weight is 357 g/mol. The minimum absolute atomic E-state index is 0. The molecule has 0 saturated carbocycles. The molecule has 0 atom stereocenters. The molecule has 2 nitrogen and oxygen atoms in total. The van der Waals surface area contributed by atoms with E-state index in [1.54, 1.807) is 0 Å². The number of unbranched alkanes of at least 4 members (excludes halogenated alkanes) is 9. The molecule has 0 aliphatic heterocycles. The smallest absolute Gasteiger partial charge is 0.0205 e. The normalized spacial score (nSPS) is 9.79. The van der Waals surface area contributed by atoms with Gasteiger partial charge in [0.05, 0.1) is 0 Å². The molecule has 1 rings (SSSR count). The molecular formula is C21H41ClN2. The highest BCUT2D eigenvalue weighted by Gasteiger charge is 1.93. The molecule has 2 N–H and O–H groups in total. The van der Waals surface area contributed by atoms with Crippen molar-refractivity contribution in [3.63, 3.8) is 0 Å². The van der Waals surface area contributed by atoms with Crippen LogP contribution < -0.4 is 10.6 Å². The molecule has 0 amide bonds. The molecule has 1 aromatic rings. The van der Waals surface area contributed by atoms with Crippen molar-refractivity contribution in [1.29, 1.82) is 0 Å². The van der Waals surface area contributed by atoms with Gasteiger partial charge in [-0.2, -0.15) is 0 Å². The third-order valence-corrected chi connectivity index (χ3v) is 3.88. The quantitative estimate of drug-likeness (QED) is 0.426. The van der Waals surface area contributed by atoms with Crippen LogP contribution in [-0.2, 0) is 6.54 Å². The van der Waals surface area contributed by atoms with Gasteiger partial charge in [0.15, 0.2) is 0 Å². The van der Waals surface area contributed by atoms with Crippen LogP contribution in [0.15, 0.2) is 30.3 Å². The summed E-state index contributed by atoms with van der Waals surface area (Å²) in [5, 5.41) is 6.28. The zero-order chi connectivity index (χ0) is 17.0. The first kappa shape index (κ1) is 25.7. The van der Waals surface area contributed by atoms with Gasteiger partial charge in [0.2, 0.25) is 0 Å². The highest BCUT2D eigenvalue weighted by atomic mass is 35.5. The molecule has 3 heteroatoms. The maximum absolute atomic E-state index is 3.53. The Hall–Kier alpha value is -0.570. The minimum atomic E-state index is 0. The zero-order valence-corrected chi connectivity index (χ0v) is 17.1. The van der Waals surface area contributed by atoms with Crippen LogP contribution in [0.25, 0.3) is 0 Å². The van der Waals surface area contributed by atoms with E-state index in [-0.39, 0.29) is 12.4 Å². The van der Waals surface area contributed by atoms with E-state index < -0.39 is 0 Å². The average Bonchev–Trinajstić information content (AvgIpc) is 2.57. The predicted molar refractivity (Wildman–Crippen MR) is 112 cm³/mol. The van der Waals surface area contributed by atoms with E-state index in [4.69, 9.17) is 0 Å². The summed E-state index contributed by atoms with van der Waals surface area (Å²) in [5.74, 6) is 0. The van der Waals surface area contributed by atoms with Crippen LogP contribution in [0.2, 0.25) is 0 Å². The van der Waals surface area contributed by atoms with E-state index in [2.05, 4.69) is 47.9 Å². The number of nitrogens with one attached hydrogen (secondary N) is 2. The number of halogens is 1. The third-order valence-electron chi connectivity index (χ3n) is 3.88. The zero-order valence-electron chi connectivity index (χ0n) is 16.3. The van der Waals surface area contributed by atoms with E-state index in [9.17, 15) is 0 Å². The van der Waals surface area contributed by atoms with E-state index in [1.807, 2.05) is 14.1 Å². The fraction of sp³-hybridized carbons (Fsp3) is 0.714. The van der Waals surface area contributed by atoms with Gasteiger partial charge in [0, 0.05) is 6.54 Å². The maximum atomic E-state index is 3.53. The van der Waals surface area contributed by atoms with Gasteiger partial charge in [-0.1, -0.05) is 95.0 Å². The molecular weight excluding hydrogens is 316 g/mol. The summed E-state index contributed by atoms with van der Waals surface area (Å²) in [5.41, 5.74) is 1.39. The first-order valence-corrected chi connectivity index (χ1v) is 9.68.